The van der Waals surface area contributed by atoms with Crippen molar-refractivity contribution in [2.45, 2.75) is 19.8 Å². The number of benzene rings is 2. The first-order chi connectivity index (χ1) is 14.1. The van der Waals surface area contributed by atoms with Crippen LogP contribution >= 0.6 is 11.3 Å². The summed E-state index contributed by atoms with van der Waals surface area (Å²) in [5.41, 5.74) is 3.04. The molecule has 1 aromatic heterocycles. The highest BCUT2D eigenvalue weighted by Gasteiger charge is 2.11. The van der Waals surface area contributed by atoms with Gasteiger partial charge in [-0.25, -0.2) is 4.98 Å². The highest BCUT2D eigenvalue weighted by molar-refractivity contribution is 7.14. The molecule has 0 atom stereocenters. The SMILES string of the molecule is CCc1ccc(-c2csc(NC(=O)COC(=O)CCOc3ccccc3)n2)cc1. The van der Waals surface area contributed by atoms with Crippen molar-refractivity contribution in [2.24, 2.45) is 0 Å². The van der Waals surface area contributed by atoms with Crippen LogP contribution in [0.4, 0.5) is 5.13 Å². The summed E-state index contributed by atoms with van der Waals surface area (Å²) in [6.07, 6.45) is 1.05. The number of esters is 1. The maximum atomic E-state index is 12.0. The van der Waals surface area contributed by atoms with Crippen molar-refractivity contribution >= 4 is 28.3 Å². The largest absolute Gasteiger partial charge is 0.493 e. The van der Waals surface area contributed by atoms with Gasteiger partial charge >= 0.3 is 5.97 Å². The van der Waals surface area contributed by atoms with Gasteiger partial charge in [0, 0.05) is 10.9 Å². The Hall–Kier alpha value is -3.19. The van der Waals surface area contributed by atoms with Gasteiger partial charge in [0.1, 0.15) is 5.75 Å². The second-order valence-electron chi connectivity index (χ2n) is 6.21. The van der Waals surface area contributed by atoms with Crippen molar-refractivity contribution < 1.29 is 19.1 Å². The minimum atomic E-state index is -0.494. The van der Waals surface area contributed by atoms with Crippen LogP contribution in [0.1, 0.15) is 18.9 Å². The normalized spacial score (nSPS) is 10.4. The van der Waals surface area contributed by atoms with E-state index >= 15 is 0 Å². The van der Waals surface area contributed by atoms with E-state index in [2.05, 4.69) is 29.4 Å². The van der Waals surface area contributed by atoms with Crippen LogP contribution in [0, 0.1) is 0 Å². The summed E-state index contributed by atoms with van der Waals surface area (Å²) in [6, 6.07) is 17.3. The van der Waals surface area contributed by atoms with Gasteiger partial charge in [-0.15, -0.1) is 11.3 Å². The highest BCUT2D eigenvalue weighted by Crippen LogP contribution is 2.25. The summed E-state index contributed by atoms with van der Waals surface area (Å²) in [5, 5.41) is 5.00. The summed E-state index contributed by atoms with van der Waals surface area (Å²) in [4.78, 5) is 28.1. The molecule has 1 N–H and O–H groups in total. The molecule has 3 rings (SSSR count). The molecule has 0 bridgehead atoms. The predicted molar refractivity (Wildman–Crippen MR) is 113 cm³/mol. The zero-order chi connectivity index (χ0) is 20.5. The molecule has 0 saturated heterocycles. The Balaban J connectivity index is 1.40. The Kier molecular flexibility index (Phi) is 7.35. The van der Waals surface area contributed by atoms with Crippen molar-refractivity contribution in [3.8, 4) is 17.0 Å². The fourth-order valence-corrected chi connectivity index (χ4v) is 3.25. The number of nitrogens with one attached hydrogen (secondary N) is 1. The summed E-state index contributed by atoms with van der Waals surface area (Å²) in [5.74, 6) is -0.238. The number of ether oxygens (including phenoxy) is 2. The lowest BCUT2D eigenvalue weighted by atomic mass is 10.1. The quantitative estimate of drug-likeness (QED) is 0.532. The lowest BCUT2D eigenvalue weighted by molar-refractivity contribution is -0.147. The van der Waals surface area contributed by atoms with E-state index < -0.39 is 11.9 Å². The summed E-state index contributed by atoms with van der Waals surface area (Å²) in [7, 11) is 0. The van der Waals surface area contributed by atoms with E-state index in [4.69, 9.17) is 9.47 Å². The molecule has 0 aliphatic heterocycles. The topological polar surface area (TPSA) is 77.5 Å². The molecule has 2 aromatic carbocycles. The number of aromatic nitrogens is 1. The van der Waals surface area contributed by atoms with Crippen molar-refractivity contribution in [1.82, 2.24) is 4.98 Å². The molecule has 6 nitrogen and oxygen atoms in total. The second-order valence-corrected chi connectivity index (χ2v) is 7.07. The standard InChI is InChI=1S/C22H22N2O4S/c1-2-16-8-10-17(11-9-16)19-15-29-22(23-19)24-20(25)14-28-21(26)12-13-27-18-6-4-3-5-7-18/h3-11,15H,2,12-14H2,1H3,(H,23,24,25). The number of hydrogen-bond donors (Lipinski definition) is 1. The minimum Gasteiger partial charge on any atom is -0.493 e. The molecule has 3 aromatic rings. The number of hydrogen-bond acceptors (Lipinski definition) is 6. The first-order valence-corrected chi connectivity index (χ1v) is 10.2. The number of para-hydroxylation sites is 1. The third-order valence-electron chi connectivity index (χ3n) is 4.09. The molecule has 1 heterocycles. The molecule has 0 spiro atoms. The van der Waals surface area contributed by atoms with Crippen LogP contribution in [-0.2, 0) is 20.7 Å². The molecule has 150 valence electrons. The number of amides is 1. The van der Waals surface area contributed by atoms with Crippen molar-refractivity contribution in [2.75, 3.05) is 18.5 Å². The zero-order valence-electron chi connectivity index (χ0n) is 16.1. The van der Waals surface area contributed by atoms with Crippen molar-refractivity contribution in [3.63, 3.8) is 0 Å². The molecule has 0 radical (unpaired) electrons. The summed E-state index contributed by atoms with van der Waals surface area (Å²) >= 11 is 1.32. The molecule has 0 fully saturated rings. The Bertz CT molecular complexity index is 939. The lowest BCUT2D eigenvalue weighted by Gasteiger charge is -2.06. The Morgan fingerprint density at radius 1 is 1.07 bits per heavy atom. The number of nitrogens with zero attached hydrogens (tertiary/aromatic N) is 1. The number of anilines is 1. The van der Waals surface area contributed by atoms with Crippen LogP contribution in [0.3, 0.4) is 0 Å². The van der Waals surface area contributed by atoms with Gasteiger partial charge in [0.05, 0.1) is 18.7 Å². The van der Waals surface area contributed by atoms with Crippen LogP contribution in [0.5, 0.6) is 5.75 Å². The number of rotatable bonds is 9. The van der Waals surface area contributed by atoms with E-state index in [-0.39, 0.29) is 19.6 Å². The molecule has 29 heavy (non-hydrogen) atoms. The average molecular weight is 410 g/mol. The van der Waals surface area contributed by atoms with Gasteiger partial charge < -0.3 is 9.47 Å². The van der Waals surface area contributed by atoms with Crippen LogP contribution in [0.25, 0.3) is 11.3 Å². The number of aryl methyl sites for hydroxylation is 1. The number of thiazole rings is 1. The van der Waals surface area contributed by atoms with E-state index in [9.17, 15) is 9.59 Å². The van der Waals surface area contributed by atoms with E-state index in [1.54, 1.807) is 12.1 Å². The zero-order valence-corrected chi connectivity index (χ0v) is 16.9. The Morgan fingerprint density at radius 3 is 2.55 bits per heavy atom. The maximum Gasteiger partial charge on any atom is 0.309 e. The molecular formula is C22H22N2O4S. The fourth-order valence-electron chi connectivity index (χ4n) is 2.52. The molecule has 7 heteroatoms. The highest BCUT2D eigenvalue weighted by atomic mass is 32.1. The summed E-state index contributed by atoms with van der Waals surface area (Å²) in [6.45, 7) is 1.94. The molecule has 0 saturated carbocycles. The van der Waals surface area contributed by atoms with Crippen LogP contribution in [0.15, 0.2) is 60.0 Å². The lowest BCUT2D eigenvalue weighted by Crippen LogP contribution is -2.21. The van der Waals surface area contributed by atoms with Gasteiger partial charge in [-0.2, -0.15) is 0 Å². The summed E-state index contributed by atoms with van der Waals surface area (Å²) < 4.78 is 10.4. The van der Waals surface area contributed by atoms with E-state index in [1.165, 1.54) is 16.9 Å². The Morgan fingerprint density at radius 2 is 1.83 bits per heavy atom. The number of carbonyl (C=O) groups is 2. The predicted octanol–water partition coefficient (Wildman–Crippen LogP) is 4.32. The van der Waals surface area contributed by atoms with Gasteiger partial charge in [-0.1, -0.05) is 49.4 Å². The molecular weight excluding hydrogens is 388 g/mol. The monoisotopic (exact) mass is 410 g/mol. The number of carbonyl (C=O) groups excluding carboxylic acids is 2. The fraction of sp³-hybridized carbons (Fsp3) is 0.227. The molecule has 0 aliphatic carbocycles. The van der Waals surface area contributed by atoms with Gasteiger partial charge in [-0.3, -0.25) is 14.9 Å². The minimum absolute atomic E-state index is 0.0668. The first-order valence-electron chi connectivity index (χ1n) is 9.32. The third kappa shape index (κ3) is 6.43. The Labute approximate surface area is 173 Å². The molecule has 0 aliphatic rings. The van der Waals surface area contributed by atoms with E-state index in [1.807, 2.05) is 35.7 Å². The van der Waals surface area contributed by atoms with Gasteiger partial charge in [0.15, 0.2) is 11.7 Å². The van der Waals surface area contributed by atoms with Crippen LogP contribution < -0.4 is 10.1 Å². The maximum absolute atomic E-state index is 12.0. The van der Waals surface area contributed by atoms with Gasteiger partial charge in [-0.05, 0) is 24.1 Å². The molecule has 0 unspecified atom stereocenters. The van der Waals surface area contributed by atoms with E-state index in [0.29, 0.717) is 10.9 Å². The van der Waals surface area contributed by atoms with Crippen molar-refractivity contribution in [1.29, 1.82) is 0 Å². The smallest absolute Gasteiger partial charge is 0.309 e. The van der Waals surface area contributed by atoms with Gasteiger partial charge in [0.2, 0.25) is 0 Å². The van der Waals surface area contributed by atoms with Crippen molar-refractivity contribution in [3.05, 3.63) is 65.5 Å². The molecule has 1 amide bonds. The van der Waals surface area contributed by atoms with Gasteiger partial charge in [0.25, 0.3) is 5.91 Å². The van der Waals surface area contributed by atoms with E-state index in [0.717, 1.165) is 17.7 Å². The first kappa shape index (κ1) is 20.5. The second kappa shape index (κ2) is 10.4. The third-order valence-corrected chi connectivity index (χ3v) is 4.85. The van der Waals surface area contributed by atoms with Crippen LogP contribution in [-0.4, -0.2) is 30.1 Å². The average Bonchev–Trinajstić information content (AvgIpc) is 3.21. The van der Waals surface area contributed by atoms with Crippen LogP contribution in [0.2, 0.25) is 0 Å².